The van der Waals surface area contributed by atoms with Crippen molar-refractivity contribution < 1.29 is 5.11 Å². The maximum atomic E-state index is 9.67. The molecule has 0 saturated carbocycles. The molecule has 3 heteroatoms. The van der Waals surface area contributed by atoms with Gasteiger partial charge in [0.05, 0.1) is 0 Å². The second kappa shape index (κ2) is 7.65. The molecular formula is C17H28N2O. The lowest BCUT2D eigenvalue weighted by Crippen LogP contribution is -2.39. The van der Waals surface area contributed by atoms with Crippen LogP contribution in [0.4, 0.5) is 0 Å². The summed E-state index contributed by atoms with van der Waals surface area (Å²) in [5, 5.41) is 13.2. The van der Waals surface area contributed by atoms with Crippen LogP contribution in [0.25, 0.3) is 0 Å². The van der Waals surface area contributed by atoms with Crippen LogP contribution in [0.15, 0.2) is 24.3 Å². The molecule has 1 fully saturated rings. The van der Waals surface area contributed by atoms with Gasteiger partial charge < -0.3 is 10.4 Å². The Morgan fingerprint density at radius 3 is 2.95 bits per heavy atom. The van der Waals surface area contributed by atoms with Gasteiger partial charge in [0.15, 0.2) is 0 Å². The Morgan fingerprint density at radius 1 is 1.45 bits per heavy atom. The average molecular weight is 276 g/mol. The highest BCUT2D eigenvalue weighted by Crippen LogP contribution is 2.25. The topological polar surface area (TPSA) is 35.5 Å². The van der Waals surface area contributed by atoms with Crippen LogP contribution in [-0.2, 0) is 0 Å². The highest BCUT2D eigenvalue weighted by Gasteiger charge is 2.21. The van der Waals surface area contributed by atoms with Crippen molar-refractivity contribution in [1.82, 2.24) is 10.2 Å². The van der Waals surface area contributed by atoms with Gasteiger partial charge >= 0.3 is 0 Å². The number of rotatable bonds is 6. The van der Waals surface area contributed by atoms with Crippen LogP contribution in [0.5, 0.6) is 5.75 Å². The quantitative estimate of drug-likeness (QED) is 0.838. The molecule has 112 valence electrons. The first-order chi connectivity index (χ1) is 9.70. The third kappa shape index (κ3) is 4.22. The molecule has 0 bridgehead atoms. The van der Waals surface area contributed by atoms with Crippen molar-refractivity contribution in [3.05, 3.63) is 29.8 Å². The van der Waals surface area contributed by atoms with Crippen molar-refractivity contribution in [2.75, 3.05) is 26.2 Å². The van der Waals surface area contributed by atoms with E-state index in [9.17, 15) is 5.11 Å². The van der Waals surface area contributed by atoms with Crippen LogP contribution in [-0.4, -0.2) is 36.2 Å². The van der Waals surface area contributed by atoms with E-state index in [1.807, 2.05) is 12.1 Å². The summed E-state index contributed by atoms with van der Waals surface area (Å²) in [7, 11) is 0. The fourth-order valence-electron chi connectivity index (χ4n) is 3.14. The minimum Gasteiger partial charge on any atom is -0.508 e. The third-order valence-electron chi connectivity index (χ3n) is 4.30. The van der Waals surface area contributed by atoms with Gasteiger partial charge in [0.25, 0.3) is 0 Å². The fraction of sp³-hybridized carbons (Fsp3) is 0.647. The van der Waals surface area contributed by atoms with Gasteiger partial charge in [-0.15, -0.1) is 0 Å². The van der Waals surface area contributed by atoms with Crippen LogP contribution in [0.2, 0.25) is 0 Å². The maximum absolute atomic E-state index is 9.67. The van der Waals surface area contributed by atoms with E-state index in [4.69, 9.17) is 0 Å². The first-order valence-corrected chi connectivity index (χ1v) is 7.94. The molecule has 0 aromatic heterocycles. The Hall–Kier alpha value is -1.06. The molecule has 1 aliphatic rings. The van der Waals surface area contributed by atoms with Gasteiger partial charge in [-0.3, -0.25) is 4.90 Å². The number of nitrogens with zero attached hydrogens (tertiary/aromatic N) is 1. The first-order valence-electron chi connectivity index (χ1n) is 7.94. The SMILES string of the molecule is CCCN(CC1CCCNC1)C(C)c1cccc(O)c1. The van der Waals surface area contributed by atoms with Gasteiger partial charge in [0.2, 0.25) is 0 Å². The molecule has 20 heavy (non-hydrogen) atoms. The predicted molar refractivity (Wildman–Crippen MR) is 84.0 cm³/mol. The van der Waals surface area contributed by atoms with Crippen LogP contribution in [0.1, 0.15) is 44.7 Å². The van der Waals surface area contributed by atoms with E-state index in [0.717, 1.165) is 25.6 Å². The molecule has 0 aliphatic carbocycles. The lowest BCUT2D eigenvalue weighted by molar-refractivity contribution is 0.163. The minimum atomic E-state index is 0.365. The molecular weight excluding hydrogens is 248 g/mol. The van der Waals surface area contributed by atoms with Gasteiger partial charge in [-0.05, 0) is 69.4 Å². The van der Waals surface area contributed by atoms with Crippen molar-refractivity contribution in [1.29, 1.82) is 0 Å². The smallest absolute Gasteiger partial charge is 0.115 e. The van der Waals surface area contributed by atoms with E-state index >= 15 is 0 Å². The van der Waals surface area contributed by atoms with E-state index in [0.29, 0.717) is 11.8 Å². The zero-order valence-corrected chi connectivity index (χ0v) is 12.8. The summed E-state index contributed by atoms with van der Waals surface area (Å²) in [6.45, 7) is 9.08. The number of phenols is 1. The molecule has 0 amide bonds. The maximum Gasteiger partial charge on any atom is 0.115 e. The normalized spacial score (nSPS) is 21.1. The summed E-state index contributed by atoms with van der Waals surface area (Å²) in [4.78, 5) is 2.56. The fourth-order valence-corrected chi connectivity index (χ4v) is 3.14. The van der Waals surface area contributed by atoms with E-state index in [1.54, 1.807) is 6.07 Å². The molecule has 1 saturated heterocycles. The predicted octanol–water partition coefficient (Wildman–Crippen LogP) is 3.16. The first kappa shape index (κ1) is 15.3. The number of nitrogens with one attached hydrogen (secondary N) is 1. The molecule has 1 aromatic carbocycles. The van der Waals surface area contributed by atoms with E-state index in [-0.39, 0.29) is 0 Å². The Labute approximate surface area is 123 Å². The van der Waals surface area contributed by atoms with Crippen molar-refractivity contribution in [3.8, 4) is 5.75 Å². The molecule has 2 N–H and O–H groups in total. The summed E-state index contributed by atoms with van der Waals surface area (Å²) < 4.78 is 0. The molecule has 3 nitrogen and oxygen atoms in total. The lowest BCUT2D eigenvalue weighted by atomic mass is 9.97. The zero-order chi connectivity index (χ0) is 14.4. The Bertz CT molecular complexity index is 402. The van der Waals surface area contributed by atoms with Crippen molar-refractivity contribution in [3.63, 3.8) is 0 Å². The Balaban J connectivity index is 2.02. The third-order valence-corrected chi connectivity index (χ3v) is 4.30. The van der Waals surface area contributed by atoms with Crippen LogP contribution in [0.3, 0.4) is 0 Å². The zero-order valence-electron chi connectivity index (χ0n) is 12.8. The van der Waals surface area contributed by atoms with Gasteiger partial charge in [-0.1, -0.05) is 19.1 Å². The molecule has 0 radical (unpaired) electrons. The highest BCUT2D eigenvalue weighted by molar-refractivity contribution is 5.29. The van der Waals surface area contributed by atoms with Gasteiger partial charge in [-0.25, -0.2) is 0 Å². The summed E-state index contributed by atoms with van der Waals surface area (Å²) >= 11 is 0. The molecule has 1 aliphatic heterocycles. The largest absolute Gasteiger partial charge is 0.508 e. The van der Waals surface area contributed by atoms with Gasteiger partial charge in [-0.2, -0.15) is 0 Å². The van der Waals surface area contributed by atoms with Crippen molar-refractivity contribution in [2.45, 2.75) is 39.2 Å². The summed E-state index contributed by atoms with van der Waals surface area (Å²) in [5.41, 5.74) is 1.21. The van der Waals surface area contributed by atoms with Gasteiger partial charge in [0, 0.05) is 12.6 Å². The van der Waals surface area contributed by atoms with E-state index < -0.39 is 0 Å². The standard InChI is InChI=1S/C17H28N2O/c1-3-10-19(13-15-6-5-9-18-12-15)14(2)16-7-4-8-17(20)11-16/h4,7-8,11,14-15,18,20H,3,5-6,9-10,12-13H2,1-2H3. The van der Waals surface area contributed by atoms with E-state index in [1.165, 1.54) is 31.4 Å². The number of phenolic OH excluding ortho intramolecular Hbond substituents is 1. The van der Waals surface area contributed by atoms with Gasteiger partial charge in [0.1, 0.15) is 5.75 Å². The molecule has 1 heterocycles. The second-order valence-electron chi connectivity index (χ2n) is 5.98. The molecule has 2 atom stereocenters. The second-order valence-corrected chi connectivity index (χ2v) is 5.98. The van der Waals surface area contributed by atoms with Crippen LogP contribution in [0, 0.1) is 5.92 Å². The minimum absolute atomic E-state index is 0.365. The van der Waals surface area contributed by atoms with E-state index in [2.05, 4.69) is 30.1 Å². The Kier molecular flexibility index (Phi) is 5.86. The lowest BCUT2D eigenvalue weighted by Gasteiger charge is -2.34. The molecule has 2 rings (SSSR count). The van der Waals surface area contributed by atoms with Crippen LogP contribution < -0.4 is 5.32 Å². The average Bonchev–Trinajstić information content (AvgIpc) is 2.47. The number of hydrogen-bond donors (Lipinski definition) is 2. The number of aromatic hydroxyl groups is 1. The Morgan fingerprint density at radius 2 is 2.30 bits per heavy atom. The van der Waals surface area contributed by atoms with Crippen LogP contribution >= 0.6 is 0 Å². The number of benzene rings is 1. The molecule has 2 unspecified atom stereocenters. The molecule has 0 spiro atoms. The number of piperidine rings is 1. The number of hydrogen-bond acceptors (Lipinski definition) is 3. The summed E-state index contributed by atoms with van der Waals surface area (Å²) in [6, 6.07) is 8.06. The van der Waals surface area contributed by atoms with Crippen molar-refractivity contribution in [2.24, 2.45) is 5.92 Å². The highest BCUT2D eigenvalue weighted by atomic mass is 16.3. The molecule has 1 aromatic rings. The monoisotopic (exact) mass is 276 g/mol. The summed E-state index contributed by atoms with van der Waals surface area (Å²) in [6.07, 6.45) is 3.80. The summed E-state index contributed by atoms with van der Waals surface area (Å²) in [5.74, 6) is 1.13. The van der Waals surface area contributed by atoms with Crippen molar-refractivity contribution >= 4 is 0 Å².